The van der Waals surface area contributed by atoms with Crippen LogP contribution in [0.15, 0.2) is 18.3 Å². The molecule has 0 atom stereocenters. The number of β-amino-alcohol motifs (C(OH)–C–C–N with tert-alkyl or cyclic N) is 1. The van der Waals surface area contributed by atoms with E-state index in [-0.39, 0.29) is 0 Å². The van der Waals surface area contributed by atoms with E-state index in [1.807, 2.05) is 6.20 Å². The first kappa shape index (κ1) is 16.7. The predicted molar refractivity (Wildman–Crippen MR) is 93.9 cm³/mol. The van der Waals surface area contributed by atoms with Crippen LogP contribution in [0.5, 0.6) is 0 Å². The summed E-state index contributed by atoms with van der Waals surface area (Å²) in [4.78, 5) is 11.6. The van der Waals surface area contributed by atoms with Crippen molar-refractivity contribution in [2.24, 2.45) is 0 Å². The van der Waals surface area contributed by atoms with Crippen LogP contribution in [-0.4, -0.2) is 78.4 Å². The molecule has 0 radical (unpaired) electrons. The van der Waals surface area contributed by atoms with Gasteiger partial charge in [-0.2, -0.15) is 0 Å². The Labute approximate surface area is 139 Å². The van der Waals surface area contributed by atoms with Crippen molar-refractivity contribution in [1.29, 1.82) is 0 Å². The topological polar surface area (TPSA) is 42.8 Å². The molecule has 0 amide bonds. The highest BCUT2D eigenvalue weighted by atomic mass is 16.3. The van der Waals surface area contributed by atoms with Crippen LogP contribution in [0.2, 0.25) is 0 Å². The Hall–Kier alpha value is -1.17. The predicted octanol–water partition coefficient (Wildman–Crippen LogP) is 1.22. The molecule has 0 bridgehead atoms. The third-order valence-electron chi connectivity index (χ3n) is 5.34. The molecule has 2 fully saturated rings. The van der Waals surface area contributed by atoms with E-state index in [1.165, 1.54) is 5.69 Å². The maximum Gasteiger partial charge on any atom is 0.0807 e. The van der Waals surface area contributed by atoms with Crippen LogP contribution in [0.4, 0.5) is 5.69 Å². The SMILES string of the molecule is CCc1ccc(N2CCC(O)(CN3CCN(C)CC3)CC2)cn1. The quantitative estimate of drug-likeness (QED) is 0.904. The Bertz CT molecular complexity index is 488. The van der Waals surface area contributed by atoms with E-state index in [9.17, 15) is 5.11 Å². The first-order valence-corrected chi connectivity index (χ1v) is 8.91. The molecule has 5 nitrogen and oxygen atoms in total. The number of piperazine rings is 1. The lowest BCUT2D eigenvalue weighted by Gasteiger charge is -2.43. The van der Waals surface area contributed by atoms with Crippen LogP contribution in [0.3, 0.4) is 0 Å². The zero-order valence-electron chi connectivity index (χ0n) is 14.5. The summed E-state index contributed by atoms with van der Waals surface area (Å²) in [5.74, 6) is 0. The molecule has 0 aliphatic carbocycles. The molecule has 2 aliphatic heterocycles. The number of piperidine rings is 1. The van der Waals surface area contributed by atoms with E-state index in [0.29, 0.717) is 0 Å². The fourth-order valence-electron chi connectivity index (χ4n) is 3.57. The minimum atomic E-state index is -0.525. The normalized spacial score (nSPS) is 23.2. The smallest absolute Gasteiger partial charge is 0.0807 e. The minimum absolute atomic E-state index is 0.525. The monoisotopic (exact) mass is 318 g/mol. The summed E-state index contributed by atoms with van der Waals surface area (Å²) in [7, 11) is 2.17. The largest absolute Gasteiger partial charge is 0.388 e. The summed E-state index contributed by atoms with van der Waals surface area (Å²) < 4.78 is 0. The number of nitrogens with zero attached hydrogens (tertiary/aromatic N) is 4. The highest BCUT2D eigenvalue weighted by Gasteiger charge is 2.34. The first-order chi connectivity index (χ1) is 11.1. The summed E-state index contributed by atoms with van der Waals surface area (Å²) in [5, 5.41) is 10.9. The second-order valence-electron chi connectivity index (χ2n) is 7.15. The molecule has 3 rings (SSSR count). The van der Waals surface area contributed by atoms with Crippen LogP contribution in [-0.2, 0) is 6.42 Å². The zero-order chi connectivity index (χ0) is 16.3. The summed E-state index contributed by atoms with van der Waals surface area (Å²) in [6, 6.07) is 4.27. The fourth-order valence-corrected chi connectivity index (χ4v) is 3.57. The second kappa shape index (κ2) is 7.16. The van der Waals surface area contributed by atoms with E-state index < -0.39 is 5.60 Å². The van der Waals surface area contributed by atoms with Crippen molar-refractivity contribution in [3.05, 3.63) is 24.0 Å². The number of likely N-dealkylation sites (N-methyl/N-ethyl adjacent to an activating group) is 1. The third-order valence-corrected chi connectivity index (χ3v) is 5.34. The molecule has 1 N–H and O–H groups in total. The van der Waals surface area contributed by atoms with Gasteiger partial charge in [0.25, 0.3) is 0 Å². The van der Waals surface area contributed by atoms with Crippen molar-refractivity contribution in [3.63, 3.8) is 0 Å². The molecule has 23 heavy (non-hydrogen) atoms. The van der Waals surface area contributed by atoms with Gasteiger partial charge < -0.3 is 14.9 Å². The zero-order valence-corrected chi connectivity index (χ0v) is 14.5. The van der Waals surface area contributed by atoms with Crippen LogP contribution in [0.25, 0.3) is 0 Å². The van der Waals surface area contributed by atoms with Gasteiger partial charge in [0.2, 0.25) is 0 Å². The molecule has 0 aromatic carbocycles. The molecule has 5 heteroatoms. The Morgan fingerprint density at radius 1 is 1.09 bits per heavy atom. The highest BCUT2D eigenvalue weighted by Crippen LogP contribution is 2.27. The number of hydrogen-bond acceptors (Lipinski definition) is 5. The van der Waals surface area contributed by atoms with Gasteiger partial charge in [-0.15, -0.1) is 0 Å². The van der Waals surface area contributed by atoms with Gasteiger partial charge in [0.05, 0.1) is 17.5 Å². The van der Waals surface area contributed by atoms with Crippen molar-refractivity contribution in [2.75, 3.05) is 57.8 Å². The molecule has 1 aromatic rings. The lowest BCUT2D eigenvalue weighted by molar-refractivity contribution is -0.0250. The summed E-state index contributed by atoms with van der Waals surface area (Å²) in [5.41, 5.74) is 1.80. The second-order valence-corrected chi connectivity index (χ2v) is 7.15. The average Bonchev–Trinajstić information content (AvgIpc) is 2.58. The third kappa shape index (κ3) is 4.22. The van der Waals surface area contributed by atoms with E-state index in [0.717, 1.165) is 70.8 Å². The first-order valence-electron chi connectivity index (χ1n) is 8.91. The molecule has 128 valence electrons. The number of aliphatic hydroxyl groups is 1. The number of anilines is 1. The maximum atomic E-state index is 10.9. The van der Waals surface area contributed by atoms with Gasteiger partial charge in [-0.1, -0.05) is 6.92 Å². The van der Waals surface area contributed by atoms with E-state index in [2.05, 4.69) is 45.8 Å². The Morgan fingerprint density at radius 2 is 1.78 bits per heavy atom. The fraction of sp³-hybridized carbons (Fsp3) is 0.722. The van der Waals surface area contributed by atoms with E-state index in [4.69, 9.17) is 0 Å². The van der Waals surface area contributed by atoms with E-state index in [1.54, 1.807) is 0 Å². The number of aryl methyl sites for hydroxylation is 1. The van der Waals surface area contributed by atoms with Gasteiger partial charge in [-0.25, -0.2) is 0 Å². The molecule has 0 saturated carbocycles. The average molecular weight is 318 g/mol. The number of aromatic nitrogens is 1. The van der Waals surface area contributed by atoms with Crippen molar-refractivity contribution < 1.29 is 5.11 Å². The van der Waals surface area contributed by atoms with Gasteiger partial charge in [0.15, 0.2) is 0 Å². The van der Waals surface area contributed by atoms with Crippen LogP contribution < -0.4 is 4.90 Å². The van der Waals surface area contributed by atoms with Crippen LogP contribution in [0, 0.1) is 0 Å². The molecule has 2 aliphatic rings. The van der Waals surface area contributed by atoms with Gasteiger partial charge in [-0.3, -0.25) is 9.88 Å². The minimum Gasteiger partial charge on any atom is -0.388 e. The van der Waals surface area contributed by atoms with Gasteiger partial charge in [-0.05, 0) is 38.4 Å². The van der Waals surface area contributed by atoms with Crippen molar-refractivity contribution in [3.8, 4) is 0 Å². The van der Waals surface area contributed by atoms with Gasteiger partial charge >= 0.3 is 0 Å². The Balaban J connectivity index is 1.52. The number of hydrogen-bond donors (Lipinski definition) is 1. The van der Waals surface area contributed by atoms with Gasteiger partial charge in [0, 0.05) is 51.5 Å². The molecule has 2 saturated heterocycles. The van der Waals surface area contributed by atoms with Crippen molar-refractivity contribution >= 4 is 5.69 Å². The Kier molecular flexibility index (Phi) is 5.19. The summed E-state index contributed by atoms with van der Waals surface area (Å²) in [6.07, 6.45) is 4.64. The number of pyridine rings is 1. The molecular weight excluding hydrogens is 288 g/mol. The maximum absolute atomic E-state index is 10.9. The van der Waals surface area contributed by atoms with Crippen LogP contribution in [0.1, 0.15) is 25.5 Å². The van der Waals surface area contributed by atoms with Gasteiger partial charge in [0.1, 0.15) is 0 Å². The summed E-state index contributed by atoms with van der Waals surface area (Å²) in [6.45, 7) is 9.14. The molecule has 0 spiro atoms. The Morgan fingerprint density at radius 3 is 2.35 bits per heavy atom. The molecule has 1 aromatic heterocycles. The van der Waals surface area contributed by atoms with Crippen molar-refractivity contribution in [2.45, 2.75) is 31.8 Å². The molecule has 0 unspecified atom stereocenters. The lowest BCUT2D eigenvalue weighted by Crippen LogP contribution is -2.54. The number of rotatable bonds is 4. The van der Waals surface area contributed by atoms with Crippen LogP contribution >= 0.6 is 0 Å². The lowest BCUT2D eigenvalue weighted by atomic mass is 9.90. The van der Waals surface area contributed by atoms with E-state index >= 15 is 0 Å². The molecular formula is C18H30N4O. The highest BCUT2D eigenvalue weighted by molar-refractivity contribution is 5.45. The van der Waals surface area contributed by atoms with Crippen molar-refractivity contribution in [1.82, 2.24) is 14.8 Å². The molecule has 3 heterocycles. The summed E-state index contributed by atoms with van der Waals surface area (Å²) >= 11 is 0. The standard InChI is InChI=1S/C18H30N4O/c1-3-16-4-5-17(14-19-16)22-8-6-18(23,7-9-22)15-21-12-10-20(2)11-13-21/h4-5,14,23H,3,6-13,15H2,1-2H3.